The second kappa shape index (κ2) is 8.27. The molecule has 110 valence electrons. The van der Waals surface area contributed by atoms with Crippen molar-refractivity contribution < 1.29 is 9.47 Å². The lowest BCUT2D eigenvalue weighted by Crippen LogP contribution is -2.11. The summed E-state index contributed by atoms with van der Waals surface area (Å²) in [5.74, 6) is 0. The van der Waals surface area contributed by atoms with Gasteiger partial charge in [-0.15, -0.1) is 5.10 Å². The second-order valence-electron chi connectivity index (χ2n) is 5.94. The lowest BCUT2D eigenvalue weighted by molar-refractivity contribution is 0.0441. The van der Waals surface area contributed by atoms with Gasteiger partial charge in [-0.3, -0.25) is 0 Å². The number of nitrogens with zero attached hydrogens (tertiary/aromatic N) is 3. The quantitative estimate of drug-likeness (QED) is 0.645. The van der Waals surface area contributed by atoms with Crippen LogP contribution < -0.4 is 0 Å². The van der Waals surface area contributed by atoms with E-state index >= 15 is 0 Å². The molecule has 0 aliphatic carbocycles. The van der Waals surface area contributed by atoms with Crippen molar-refractivity contribution in [2.45, 2.75) is 47.1 Å². The van der Waals surface area contributed by atoms with Crippen LogP contribution in [-0.2, 0) is 22.4 Å². The molecular weight excluding hydrogens is 242 g/mol. The molecular formula is C14H27N3O2. The van der Waals surface area contributed by atoms with E-state index in [1.807, 2.05) is 10.9 Å². The first-order chi connectivity index (χ1) is 9.01. The fourth-order valence-electron chi connectivity index (χ4n) is 1.70. The summed E-state index contributed by atoms with van der Waals surface area (Å²) in [5, 5.41) is 8.28. The standard InChI is InChI=1S/C14H27N3O2/c1-5-7-18-9-10-19-8-6-17-12-13(15-16-17)11-14(2,3)4/h12H,5-11H2,1-4H3. The molecule has 0 aliphatic heterocycles. The number of rotatable bonds is 9. The first-order valence-corrected chi connectivity index (χ1v) is 7.06. The van der Waals surface area contributed by atoms with Crippen LogP contribution in [0, 0.1) is 5.41 Å². The highest BCUT2D eigenvalue weighted by atomic mass is 16.5. The molecule has 1 rings (SSSR count). The molecule has 0 spiro atoms. The number of hydrogen-bond donors (Lipinski definition) is 0. The first kappa shape index (κ1) is 16.1. The summed E-state index contributed by atoms with van der Waals surface area (Å²) in [5.41, 5.74) is 1.28. The third-order valence-electron chi connectivity index (χ3n) is 2.48. The first-order valence-electron chi connectivity index (χ1n) is 7.06. The Hall–Kier alpha value is -0.940. The SMILES string of the molecule is CCCOCCOCCn1cc(CC(C)(C)C)nn1. The van der Waals surface area contributed by atoms with Crippen LogP contribution in [0.1, 0.15) is 39.8 Å². The molecule has 0 unspecified atom stereocenters. The molecule has 0 aromatic carbocycles. The van der Waals surface area contributed by atoms with Crippen molar-refractivity contribution >= 4 is 0 Å². The molecule has 0 saturated heterocycles. The monoisotopic (exact) mass is 269 g/mol. The highest BCUT2D eigenvalue weighted by Crippen LogP contribution is 2.18. The van der Waals surface area contributed by atoms with Gasteiger partial charge in [-0.05, 0) is 18.3 Å². The maximum absolute atomic E-state index is 5.48. The summed E-state index contributed by atoms with van der Waals surface area (Å²) >= 11 is 0. The van der Waals surface area contributed by atoms with E-state index in [1.165, 1.54) is 0 Å². The Morgan fingerprint density at radius 2 is 1.79 bits per heavy atom. The van der Waals surface area contributed by atoms with Gasteiger partial charge in [-0.2, -0.15) is 0 Å². The molecule has 0 radical (unpaired) electrons. The number of hydrogen-bond acceptors (Lipinski definition) is 4. The predicted octanol–water partition coefficient (Wildman–Crippen LogP) is 2.31. The fraction of sp³-hybridized carbons (Fsp3) is 0.857. The van der Waals surface area contributed by atoms with Crippen molar-refractivity contribution in [2.75, 3.05) is 26.4 Å². The van der Waals surface area contributed by atoms with E-state index in [4.69, 9.17) is 9.47 Å². The van der Waals surface area contributed by atoms with Crippen LogP contribution in [0.15, 0.2) is 6.20 Å². The van der Waals surface area contributed by atoms with Crippen molar-refractivity contribution in [1.82, 2.24) is 15.0 Å². The lowest BCUT2D eigenvalue weighted by Gasteiger charge is -2.15. The maximum Gasteiger partial charge on any atom is 0.0832 e. The Kier molecular flexibility index (Phi) is 7.02. The Morgan fingerprint density at radius 3 is 2.42 bits per heavy atom. The van der Waals surface area contributed by atoms with E-state index in [1.54, 1.807) is 0 Å². The van der Waals surface area contributed by atoms with Crippen molar-refractivity contribution in [3.8, 4) is 0 Å². The van der Waals surface area contributed by atoms with E-state index in [-0.39, 0.29) is 5.41 Å². The molecule has 0 amide bonds. The molecule has 0 bridgehead atoms. The van der Waals surface area contributed by atoms with Gasteiger partial charge < -0.3 is 9.47 Å². The smallest absolute Gasteiger partial charge is 0.0832 e. The van der Waals surface area contributed by atoms with Gasteiger partial charge in [0.05, 0.1) is 32.1 Å². The Labute approximate surface area is 116 Å². The van der Waals surface area contributed by atoms with Crippen LogP contribution in [0.5, 0.6) is 0 Å². The van der Waals surface area contributed by atoms with Gasteiger partial charge >= 0.3 is 0 Å². The second-order valence-corrected chi connectivity index (χ2v) is 5.94. The van der Waals surface area contributed by atoms with E-state index in [2.05, 4.69) is 38.0 Å². The summed E-state index contributed by atoms with van der Waals surface area (Å²) in [6.45, 7) is 12.2. The molecule has 19 heavy (non-hydrogen) atoms. The van der Waals surface area contributed by atoms with Crippen molar-refractivity contribution in [1.29, 1.82) is 0 Å². The summed E-state index contributed by atoms with van der Waals surface area (Å²) in [7, 11) is 0. The van der Waals surface area contributed by atoms with Gasteiger partial charge in [0.25, 0.3) is 0 Å². The third kappa shape index (κ3) is 7.95. The van der Waals surface area contributed by atoms with Crippen LogP contribution in [0.25, 0.3) is 0 Å². The summed E-state index contributed by atoms with van der Waals surface area (Å²) in [6, 6.07) is 0. The van der Waals surface area contributed by atoms with Crippen LogP contribution in [0.2, 0.25) is 0 Å². The minimum absolute atomic E-state index is 0.244. The molecule has 0 N–H and O–H groups in total. The molecule has 0 saturated carbocycles. The van der Waals surface area contributed by atoms with Gasteiger partial charge in [0.15, 0.2) is 0 Å². The Bertz CT molecular complexity index is 345. The molecule has 0 fully saturated rings. The lowest BCUT2D eigenvalue weighted by atomic mass is 9.91. The van der Waals surface area contributed by atoms with Crippen LogP contribution in [0.3, 0.4) is 0 Å². The van der Waals surface area contributed by atoms with Crippen molar-refractivity contribution in [3.63, 3.8) is 0 Å². The van der Waals surface area contributed by atoms with Gasteiger partial charge in [0, 0.05) is 12.8 Å². The van der Waals surface area contributed by atoms with E-state index in [0.717, 1.165) is 31.7 Å². The summed E-state index contributed by atoms with van der Waals surface area (Å²) in [4.78, 5) is 0. The van der Waals surface area contributed by atoms with Crippen LogP contribution in [-0.4, -0.2) is 41.4 Å². The molecule has 0 atom stereocenters. The van der Waals surface area contributed by atoms with E-state index in [0.29, 0.717) is 19.8 Å². The van der Waals surface area contributed by atoms with Gasteiger partial charge in [-0.25, -0.2) is 4.68 Å². The fourth-order valence-corrected chi connectivity index (χ4v) is 1.70. The summed E-state index contributed by atoms with van der Waals surface area (Å²) < 4.78 is 12.7. The molecule has 5 nitrogen and oxygen atoms in total. The van der Waals surface area contributed by atoms with Crippen molar-refractivity contribution in [3.05, 3.63) is 11.9 Å². The highest BCUT2D eigenvalue weighted by Gasteiger charge is 2.13. The van der Waals surface area contributed by atoms with Crippen LogP contribution >= 0.6 is 0 Å². The van der Waals surface area contributed by atoms with Crippen molar-refractivity contribution in [2.24, 2.45) is 5.41 Å². The number of ether oxygens (including phenoxy) is 2. The highest BCUT2D eigenvalue weighted by molar-refractivity contribution is 4.95. The molecule has 0 aliphatic rings. The van der Waals surface area contributed by atoms with E-state index in [9.17, 15) is 0 Å². The Morgan fingerprint density at radius 1 is 1.11 bits per heavy atom. The largest absolute Gasteiger partial charge is 0.379 e. The molecule has 1 heterocycles. The average molecular weight is 269 g/mol. The van der Waals surface area contributed by atoms with Crippen LogP contribution in [0.4, 0.5) is 0 Å². The molecule has 1 aromatic heterocycles. The van der Waals surface area contributed by atoms with Gasteiger partial charge in [-0.1, -0.05) is 32.9 Å². The van der Waals surface area contributed by atoms with Gasteiger partial charge in [0.1, 0.15) is 0 Å². The topological polar surface area (TPSA) is 49.2 Å². The minimum atomic E-state index is 0.244. The molecule has 5 heteroatoms. The maximum atomic E-state index is 5.48. The zero-order chi connectivity index (χ0) is 14.1. The predicted molar refractivity (Wildman–Crippen MR) is 75.1 cm³/mol. The minimum Gasteiger partial charge on any atom is -0.379 e. The zero-order valence-electron chi connectivity index (χ0n) is 12.7. The Balaban J connectivity index is 2.13. The van der Waals surface area contributed by atoms with Gasteiger partial charge in [0.2, 0.25) is 0 Å². The number of aromatic nitrogens is 3. The average Bonchev–Trinajstić information content (AvgIpc) is 2.73. The summed E-state index contributed by atoms with van der Waals surface area (Å²) in [6.07, 6.45) is 4.00. The molecule has 1 aromatic rings. The van der Waals surface area contributed by atoms with E-state index < -0.39 is 0 Å². The zero-order valence-corrected chi connectivity index (χ0v) is 12.7. The normalized spacial score (nSPS) is 12.0. The third-order valence-corrected chi connectivity index (χ3v) is 2.48.